The summed E-state index contributed by atoms with van der Waals surface area (Å²) in [4.78, 5) is 54.8. The van der Waals surface area contributed by atoms with Crippen LogP contribution in [0.5, 0.6) is 34.5 Å². The van der Waals surface area contributed by atoms with E-state index in [0.29, 0.717) is 65.6 Å². The molecule has 510 valence electrons. The normalized spacial score (nSPS) is 17.9. The van der Waals surface area contributed by atoms with Crippen LogP contribution in [0.1, 0.15) is 194 Å². The van der Waals surface area contributed by atoms with Crippen LogP contribution >= 0.6 is 0 Å². The first-order chi connectivity index (χ1) is 44.9. The number of ketones is 3. The molecule has 0 amide bonds. The molecule has 14 heteroatoms. The molecule has 0 fully saturated rings. The number of esters is 1. The van der Waals surface area contributed by atoms with E-state index in [1.54, 1.807) is 6.08 Å². The van der Waals surface area contributed by atoms with Crippen LogP contribution in [0.4, 0.5) is 5.69 Å². The monoisotopic (exact) mass is 1380 g/mol. The van der Waals surface area contributed by atoms with Crippen LogP contribution in [0.15, 0.2) is 144 Å². The van der Waals surface area contributed by atoms with Crippen LogP contribution in [0, 0.1) is 46.5 Å². The van der Waals surface area contributed by atoms with E-state index in [0.717, 1.165) is 128 Å². The lowest BCUT2D eigenvalue weighted by atomic mass is 9.75. The Bertz CT molecular complexity index is 4330. The Balaban J connectivity index is 0.000000229. The molecule has 5 aliphatic rings. The van der Waals surface area contributed by atoms with Crippen molar-refractivity contribution in [2.45, 2.75) is 184 Å². The van der Waals surface area contributed by atoms with E-state index >= 15 is 0 Å². The van der Waals surface area contributed by atoms with E-state index in [4.69, 9.17) is 14.2 Å². The highest BCUT2D eigenvalue weighted by molar-refractivity contribution is 7.01. The van der Waals surface area contributed by atoms with Gasteiger partial charge in [-0.2, -0.15) is 0 Å². The average Bonchev–Trinajstić information content (AvgIpc) is 1.66. The summed E-state index contributed by atoms with van der Waals surface area (Å²) < 4.78 is 19.5. The molecule has 2 N–H and O–H groups in total. The number of allylic oxidation sites excluding steroid dienone is 5. The molecular weight excluding hydrogens is 1280 g/mol. The molecule has 12 rings (SSSR count). The third kappa shape index (κ3) is 14.2. The van der Waals surface area contributed by atoms with Gasteiger partial charge in [-0.05, 0) is 253 Å². The summed E-state index contributed by atoms with van der Waals surface area (Å²) in [6.07, 6.45) is 13.1. The van der Waals surface area contributed by atoms with Crippen LogP contribution in [0.2, 0.25) is 26.2 Å². The van der Waals surface area contributed by atoms with Gasteiger partial charge in [0.1, 0.15) is 56.4 Å². The number of rotatable bonds is 18. The number of ether oxygens (including phenoxy) is 3. The number of benzene rings is 7. The Morgan fingerprint density at radius 1 is 0.598 bits per heavy atom. The Labute approximate surface area is 589 Å². The Morgan fingerprint density at radius 3 is 1.76 bits per heavy atom. The van der Waals surface area contributed by atoms with Gasteiger partial charge in [-0.3, -0.25) is 14.4 Å². The molecule has 10 nitrogen and oxygen atoms in total. The lowest BCUT2D eigenvalue weighted by molar-refractivity contribution is -0.119. The predicted molar refractivity (Wildman–Crippen MR) is 390 cm³/mol. The van der Waals surface area contributed by atoms with Crippen LogP contribution < -0.4 is 54.7 Å². The fourth-order valence-corrected chi connectivity index (χ4v) is 21.9. The van der Waals surface area contributed by atoms with E-state index in [2.05, 4.69) is 135 Å². The number of fused-ring (bicyclic) bond motifs is 9. The Kier molecular flexibility index (Phi) is 21.7. The van der Waals surface area contributed by atoms with Gasteiger partial charge in [0.2, 0.25) is 0 Å². The molecule has 0 bridgehead atoms. The molecule has 4 aliphatic heterocycles. The number of Topliss-reactive ketones (excluding diaryl/α,β-unsaturated/α-hetero) is 2. The first kappa shape index (κ1) is 73.5. The molecule has 97 heavy (non-hydrogen) atoms. The number of phenolic OH excluding ortho intramolecular Hbond substituents is 2. The zero-order valence-electron chi connectivity index (χ0n) is 59.5. The van der Waals surface area contributed by atoms with E-state index in [1.165, 1.54) is 26.8 Å². The van der Waals surface area contributed by atoms with E-state index in [-0.39, 0.29) is 59.4 Å². The number of hydrogen-bond donors (Lipinski definition) is 2. The number of carbonyl (C=O) groups is 4. The first-order valence-electron chi connectivity index (χ1n) is 34.3. The van der Waals surface area contributed by atoms with Crippen LogP contribution in [-0.4, -0.2) is 61.8 Å². The average molecular weight is 1380 g/mol. The number of phenols is 2. The molecule has 0 aromatic heterocycles. The maximum atomic E-state index is 13.8. The topological polar surface area (TPSA) is 140 Å². The van der Waals surface area contributed by atoms with Crippen molar-refractivity contribution in [1.82, 2.24) is 0 Å². The zero-order chi connectivity index (χ0) is 68.4. The number of nitrogens with zero attached hydrogens (tertiary/aromatic N) is 1. The highest BCUT2D eigenvalue weighted by Crippen LogP contribution is 2.53. The number of aryl methyl sites for hydroxylation is 5. The SMILES string of the molecule is Cc1cc(C(=O)CCCC(C)C)ccc1C1=C2C=CC(=O)C=C2[Si](C)(C)c2cc(Oc3cc(C)c(O)c(C)c3)ccc21.Cc1cc(Oc2ccc3c(c2)[Si](C)(C)c2cc4c(cc2C32OC(=O)c3ccccc32)C(C)CC(C)(C)N4CCCC(=O)CCCC(C)C)cc(C)c1O.[Cl-].[Cl-]. The fourth-order valence-electron chi connectivity index (χ4n) is 15.7. The molecule has 1 spiro atoms. The summed E-state index contributed by atoms with van der Waals surface area (Å²) in [7, 11) is -4.75. The molecule has 2 atom stereocenters. The van der Waals surface area contributed by atoms with Crippen molar-refractivity contribution >= 4 is 66.3 Å². The fraction of sp³-hybridized carbons (Fsp3) is 0.373. The van der Waals surface area contributed by atoms with Crippen LogP contribution in [0.25, 0.3) is 5.57 Å². The van der Waals surface area contributed by atoms with Gasteiger partial charge < -0.3 is 54.1 Å². The van der Waals surface area contributed by atoms with E-state index in [1.807, 2.05) is 107 Å². The molecule has 0 saturated heterocycles. The molecule has 1 aliphatic carbocycles. The zero-order valence-corrected chi connectivity index (χ0v) is 63.0. The van der Waals surface area contributed by atoms with Crippen molar-refractivity contribution in [2.24, 2.45) is 11.8 Å². The quantitative estimate of drug-likeness (QED) is 0.0485. The van der Waals surface area contributed by atoms with Gasteiger partial charge in [0.15, 0.2) is 17.2 Å². The molecule has 4 heterocycles. The highest BCUT2D eigenvalue weighted by Gasteiger charge is 2.57. The number of aromatic hydroxyl groups is 2. The second kappa shape index (κ2) is 28.6. The van der Waals surface area contributed by atoms with Crippen molar-refractivity contribution in [3.05, 3.63) is 217 Å². The minimum Gasteiger partial charge on any atom is -1.00 e. The predicted octanol–water partition coefficient (Wildman–Crippen LogP) is 12.1. The van der Waals surface area contributed by atoms with Crippen LogP contribution in [-0.2, 0) is 19.9 Å². The molecule has 0 saturated carbocycles. The van der Waals surface area contributed by atoms with Gasteiger partial charge in [0.05, 0.1) is 5.56 Å². The third-order valence-electron chi connectivity index (χ3n) is 20.7. The molecule has 7 aromatic carbocycles. The minimum atomic E-state index is -2.47. The van der Waals surface area contributed by atoms with Crippen molar-refractivity contribution in [3.8, 4) is 34.5 Å². The van der Waals surface area contributed by atoms with E-state index < -0.39 is 21.7 Å². The van der Waals surface area contributed by atoms with Crippen molar-refractivity contribution in [2.75, 3.05) is 11.4 Å². The second-order valence-corrected chi connectivity index (χ2v) is 38.7. The van der Waals surface area contributed by atoms with Gasteiger partial charge in [0.25, 0.3) is 0 Å². The van der Waals surface area contributed by atoms with Crippen molar-refractivity contribution in [1.29, 1.82) is 0 Å². The maximum absolute atomic E-state index is 13.8. The van der Waals surface area contributed by atoms with E-state index in [9.17, 15) is 29.4 Å². The first-order valence-corrected chi connectivity index (χ1v) is 40.3. The lowest BCUT2D eigenvalue weighted by Gasteiger charge is -2.50. The summed E-state index contributed by atoms with van der Waals surface area (Å²) in [5.74, 6) is 5.09. The largest absolute Gasteiger partial charge is 1.00 e. The second-order valence-electron chi connectivity index (χ2n) is 30.1. The molecule has 7 aromatic rings. The van der Waals surface area contributed by atoms with Gasteiger partial charge in [-0.25, -0.2) is 4.79 Å². The lowest BCUT2D eigenvalue weighted by Crippen LogP contribution is -3.00. The molecular formula is C83H95Cl2NO9Si2-2. The van der Waals surface area contributed by atoms with Crippen LogP contribution in [0.3, 0.4) is 0 Å². The summed E-state index contributed by atoms with van der Waals surface area (Å²) in [6.45, 7) is 35.5. The Morgan fingerprint density at radius 2 is 1.15 bits per heavy atom. The number of carbonyl (C=O) groups excluding carboxylic acids is 4. The molecule has 2 unspecified atom stereocenters. The molecule has 0 radical (unpaired) electrons. The smallest absolute Gasteiger partial charge is 0.340 e. The highest BCUT2D eigenvalue weighted by atomic mass is 35.5. The standard InChI is InChI=1S/C46H55NO5Si.C37H40O4Si.2ClH/c1-28(2)14-12-15-32(48)16-13-21-47-40-26-42-39(25-36(40)31(5)27-45(47,6)7)46(37-18-11-10-17-35(37)44(50)52-46)38-20-19-33(24-41(38)53(42,8)9)51-34-22-29(3)43(49)30(4)23-34;1-22(2)9-8-10-33(39)26-11-14-30(23(3)17-26)36-31-15-12-27(38)20-34(31)42(6,7)35-21-28(13-16-32(35)36)41-29-18-24(4)37(40)25(5)19-29;;/h10-11,17-20,22-26,28,31,49H,12-16,21,27H2,1-9H3;11-22,40H,8-10H2,1-7H3;2*1H/p-2. The summed E-state index contributed by atoms with van der Waals surface area (Å²) >= 11 is 0. The number of anilines is 1. The van der Waals surface area contributed by atoms with Gasteiger partial charge in [0, 0.05) is 59.3 Å². The summed E-state index contributed by atoms with van der Waals surface area (Å²) in [5, 5.41) is 25.3. The Hall–Kier alpha value is -7.75. The van der Waals surface area contributed by atoms with Gasteiger partial charge in [-0.1, -0.05) is 122 Å². The minimum absolute atomic E-state index is 0. The van der Waals surface area contributed by atoms with Crippen molar-refractivity contribution in [3.63, 3.8) is 0 Å². The third-order valence-corrected chi connectivity index (χ3v) is 27.8. The summed E-state index contributed by atoms with van der Waals surface area (Å²) in [6, 6.07) is 38.6. The number of hydrogen-bond acceptors (Lipinski definition) is 10. The summed E-state index contributed by atoms with van der Waals surface area (Å²) in [5.41, 5.74) is 14.1. The van der Waals surface area contributed by atoms with Gasteiger partial charge >= 0.3 is 5.97 Å². The van der Waals surface area contributed by atoms with Crippen molar-refractivity contribution < 1.29 is 68.4 Å². The number of halogens is 2. The van der Waals surface area contributed by atoms with Gasteiger partial charge in [-0.15, -0.1) is 0 Å². The maximum Gasteiger partial charge on any atom is 0.340 e.